The molecule has 0 spiro atoms. The van der Waals surface area contributed by atoms with Crippen LogP contribution in [0.15, 0.2) is 65.7 Å². The minimum atomic E-state index is -4.19. The molecule has 1 fully saturated rings. The van der Waals surface area contributed by atoms with Crippen molar-refractivity contribution >= 4 is 33.0 Å². The van der Waals surface area contributed by atoms with Gasteiger partial charge in [0.15, 0.2) is 5.65 Å². The Hall–Kier alpha value is -4.88. The summed E-state index contributed by atoms with van der Waals surface area (Å²) < 4.78 is 44.7. The van der Waals surface area contributed by atoms with Gasteiger partial charge in [-0.2, -0.15) is 4.98 Å². The first kappa shape index (κ1) is 33.6. The molecule has 50 heavy (non-hydrogen) atoms. The number of anilines is 1. The molecule has 1 amide bonds. The van der Waals surface area contributed by atoms with E-state index in [1.807, 2.05) is 49.7 Å². The summed E-state index contributed by atoms with van der Waals surface area (Å²) in [6, 6.07) is 15.0. The number of hydrogen-bond acceptors (Lipinski definition) is 9. The lowest BCUT2D eigenvalue weighted by Gasteiger charge is -2.34. The predicted octanol–water partition coefficient (Wildman–Crippen LogP) is 5.94. The Morgan fingerprint density at radius 2 is 1.78 bits per heavy atom. The Morgan fingerprint density at radius 1 is 1.02 bits per heavy atom. The van der Waals surface area contributed by atoms with Gasteiger partial charge in [0.25, 0.3) is 15.9 Å². The number of benzene rings is 2. The van der Waals surface area contributed by atoms with E-state index < -0.39 is 22.0 Å². The van der Waals surface area contributed by atoms with Gasteiger partial charge in [-0.1, -0.05) is 38.1 Å². The van der Waals surface area contributed by atoms with Gasteiger partial charge in [-0.15, -0.1) is 0 Å². The SMILES string of the molecule is Cc1cccc(C)c1-c1cc2nc(n1)NS(=O)(=O)c1cccc(c1)C(=O)N(Cc1cnc3cc(C(C)C)n(C)c3n1)[C@H](COC1CCC1)CO2. The van der Waals surface area contributed by atoms with Crippen LogP contribution in [0.25, 0.3) is 22.4 Å². The summed E-state index contributed by atoms with van der Waals surface area (Å²) in [5.74, 6) is -0.0885. The molecule has 5 aromatic rings. The molecule has 7 rings (SSSR count). The van der Waals surface area contributed by atoms with Crippen molar-refractivity contribution in [3.63, 3.8) is 0 Å². The number of nitrogens with zero attached hydrogens (tertiary/aromatic N) is 6. The lowest BCUT2D eigenvalue weighted by atomic mass is 9.96. The Kier molecular flexibility index (Phi) is 9.04. The third-order valence-electron chi connectivity index (χ3n) is 9.50. The first-order valence-corrected chi connectivity index (χ1v) is 18.4. The summed E-state index contributed by atoms with van der Waals surface area (Å²) in [6.45, 7) is 8.49. The standard InChI is InChI=1S/C37H41N7O5S/c1-22(2)32-16-31-35(43(32)5)39-26(18-38-31)19-44-27(20-48-28-12-8-13-28)21-49-33-17-30(34-23(3)9-6-10-24(34)4)40-37(41-33)42-50(46,47)29-14-7-11-25(15-29)36(44)45/h6-7,9-11,14-18,22,27-28H,8,12-13,19-21H2,1-5H3,(H,40,41,42)/t27-/m1/s1. The van der Waals surface area contributed by atoms with Crippen molar-refractivity contribution in [3.05, 3.63) is 88.9 Å². The predicted molar refractivity (Wildman–Crippen MR) is 190 cm³/mol. The molecule has 3 aromatic heterocycles. The highest BCUT2D eigenvalue weighted by Gasteiger charge is 2.31. The van der Waals surface area contributed by atoms with Gasteiger partial charge >= 0.3 is 0 Å². The van der Waals surface area contributed by atoms with Crippen LogP contribution in [0.2, 0.25) is 0 Å². The van der Waals surface area contributed by atoms with Crippen LogP contribution in [0, 0.1) is 13.8 Å². The fourth-order valence-electron chi connectivity index (χ4n) is 6.53. The van der Waals surface area contributed by atoms with Gasteiger partial charge in [0.05, 0.1) is 47.8 Å². The van der Waals surface area contributed by atoms with Gasteiger partial charge < -0.3 is 18.9 Å². The van der Waals surface area contributed by atoms with Gasteiger partial charge in [0.2, 0.25) is 11.8 Å². The number of carbonyl (C=O) groups excluding carboxylic acids is 1. The highest BCUT2D eigenvalue weighted by molar-refractivity contribution is 7.92. The second-order valence-electron chi connectivity index (χ2n) is 13.5. The first-order chi connectivity index (χ1) is 24.0. The third kappa shape index (κ3) is 6.67. The van der Waals surface area contributed by atoms with Crippen LogP contribution in [0.4, 0.5) is 5.95 Å². The number of ether oxygens (including phenoxy) is 2. The van der Waals surface area contributed by atoms with Crippen LogP contribution in [-0.4, -0.2) is 69.1 Å². The summed E-state index contributed by atoms with van der Waals surface area (Å²) in [6.07, 6.45) is 4.79. The van der Waals surface area contributed by atoms with Crippen LogP contribution in [0.5, 0.6) is 5.88 Å². The number of carbonyl (C=O) groups is 1. The van der Waals surface area contributed by atoms with Gasteiger partial charge in [-0.3, -0.25) is 9.78 Å². The molecular formula is C37H41N7O5S. The van der Waals surface area contributed by atoms with E-state index in [0.29, 0.717) is 11.4 Å². The lowest BCUT2D eigenvalue weighted by Crippen LogP contribution is -2.47. The number of rotatable bonds is 7. The van der Waals surface area contributed by atoms with E-state index in [1.165, 1.54) is 12.1 Å². The Bertz CT molecular complexity index is 2180. The van der Waals surface area contributed by atoms with Gasteiger partial charge in [-0.05, 0) is 74.4 Å². The largest absolute Gasteiger partial charge is 0.475 e. The molecule has 260 valence electrons. The summed E-state index contributed by atoms with van der Waals surface area (Å²) in [5.41, 5.74) is 6.66. The van der Waals surface area contributed by atoms with Crippen molar-refractivity contribution in [1.82, 2.24) is 29.4 Å². The molecule has 2 aromatic carbocycles. The average Bonchev–Trinajstić information content (AvgIpc) is 3.39. The highest BCUT2D eigenvalue weighted by atomic mass is 32.2. The number of aryl methyl sites for hydroxylation is 3. The highest BCUT2D eigenvalue weighted by Crippen LogP contribution is 2.31. The topological polar surface area (TPSA) is 141 Å². The van der Waals surface area contributed by atoms with Crippen molar-refractivity contribution in [2.45, 2.75) is 76.5 Å². The molecule has 1 saturated carbocycles. The van der Waals surface area contributed by atoms with E-state index in [4.69, 9.17) is 19.4 Å². The number of fused-ring (bicyclic) bond motifs is 5. The lowest BCUT2D eigenvalue weighted by molar-refractivity contribution is -0.0349. The number of nitrogens with one attached hydrogen (secondary N) is 1. The molecule has 0 radical (unpaired) electrons. The van der Waals surface area contributed by atoms with Gasteiger partial charge in [-0.25, -0.2) is 23.1 Å². The fourth-order valence-corrected chi connectivity index (χ4v) is 7.52. The van der Waals surface area contributed by atoms with Crippen LogP contribution in [0.1, 0.15) is 71.9 Å². The van der Waals surface area contributed by atoms with E-state index >= 15 is 0 Å². The van der Waals surface area contributed by atoms with E-state index in [9.17, 15) is 13.2 Å². The summed E-state index contributed by atoms with van der Waals surface area (Å²) >= 11 is 0. The molecule has 1 atom stereocenters. The normalized spacial score (nSPS) is 17.8. The zero-order valence-corrected chi connectivity index (χ0v) is 29.7. The number of amides is 1. The summed E-state index contributed by atoms with van der Waals surface area (Å²) in [4.78, 5) is 34.8. The van der Waals surface area contributed by atoms with Crippen LogP contribution in [0.3, 0.4) is 0 Å². The zero-order chi connectivity index (χ0) is 35.2. The van der Waals surface area contributed by atoms with Gasteiger partial charge in [0.1, 0.15) is 12.1 Å². The van der Waals surface area contributed by atoms with Gasteiger partial charge in [0, 0.05) is 29.9 Å². The summed E-state index contributed by atoms with van der Waals surface area (Å²) in [5, 5.41) is 0. The van der Waals surface area contributed by atoms with Crippen LogP contribution >= 0.6 is 0 Å². The molecule has 4 bridgehead atoms. The smallest absolute Gasteiger partial charge is 0.264 e. The van der Waals surface area contributed by atoms with Crippen molar-refractivity contribution in [2.75, 3.05) is 17.9 Å². The molecule has 4 heterocycles. The monoisotopic (exact) mass is 695 g/mol. The number of sulfonamides is 1. The summed E-state index contributed by atoms with van der Waals surface area (Å²) in [7, 11) is -2.23. The third-order valence-corrected chi connectivity index (χ3v) is 10.8. The molecule has 13 heteroatoms. The van der Waals surface area contributed by atoms with E-state index in [2.05, 4.69) is 28.5 Å². The molecule has 1 N–H and O–H groups in total. The zero-order valence-electron chi connectivity index (χ0n) is 28.9. The Labute approximate surface area is 292 Å². The molecule has 0 saturated heterocycles. The second-order valence-corrected chi connectivity index (χ2v) is 15.1. The molecular weight excluding hydrogens is 655 g/mol. The molecule has 0 unspecified atom stereocenters. The molecule has 12 nitrogen and oxygen atoms in total. The quantitative estimate of drug-likeness (QED) is 0.219. The van der Waals surface area contributed by atoms with E-state index in [-0.39, 0.29) is 54.1 Å². The number of aromatic nitrogens is 5. The van der Waals surface area contributed by atoms with E-state index in [0.717, 1.165) is 52.8 Å². The Balaban J connectivity index is 1.34. The molecule has 1 aliphatic heterocycles. The minimum absolute atomic E-state index is 0.0187. The van der Waals surface area contributed by atoms with Crippen molar-refractivity contribution in [2.24, 2.45) is 7.05 Å². The minimum Gasteiger partial charge on any atom is -0.475 e. The second kappa shape index (κ2) is 13.4. The van der Waals surface area contributed by atoms with Crippen LogP contribution in [-0.2, 0) is 28.4 Å². The maximum Gasteiger partial charge on any atom is 0.264 e. The fraction of sp³-hybridized carbons (Fsp3) is 0.378. The van der Waals surface area contributed by atoms with E-state index in [1.54, 1.807) is 29.3 Å². The maximum absolute atomic E-state index is 14.5. The molecule has 1 aliphatic carbocycles. The van der Waals surface area contributed by atoms with Crippen LogP contribution < -0.4 is 9.46 Å². The molecule has 2 aliphatic rings. The first-order valence-electron chi connectivity index (χ1n) is 16.9. The van der Waals surface area contributed by atoms with Crippen molar-refractivity contribution in [3.8, 4) is 17.1 Å². The van der Waals surface area contributed by atoms with Crippen molar-refractivity contribution < 1.29 is 22.7 Å². The van der Waals surface area contributed by atoms with Crippen molar-refractivity contribution in [1.29, 1.82) is 0 Å². The Morgan fingerprint density at radius 3 is 2.50 bits per heavy atom. The maximum atomic E-state index is 14.5. The number of hydrogen-bond donors (Lipinski definition) is 1. The average molecular weight is 696 g/mol.